The van der Waals surface area contributed by atoms with Crippen molar-refractivity contribution in [3.63, 3.8) is 0 Å². The van der Waals surface area contributed by atoms with Gasteiger partial charge in [-0.25, -0.2) is 0 Å². The Balaban J connectivity index is 3.76. The average molecular weight is 160 g/mol. The Morgan fingerprint density at radius 3 is 2.09 bits per heavy atom. The van der Waals surface area contributed by atoms with Gasteiger partial charge in [0.15, 0.2) is 0 Å². The van der Waals surface area contributed by atoms with Crippen LogP contribution in [-0.2, 0) is 9.53 Å². The lowest BCUT2D eigenvalue weighted by Gasteiger charge is -2.11. The number of carbonyl (C=O) groups excluding carboxylic acids is 1. The Hall–Kier alpha value is -0.610. The number of methoxy groups -OCH3 is 1. The van der Waals surface area contributed by atoms with Crippen molar-refractivity contribution in [3.05, 3.63) is 0 Å². The first-order chi connectivity index (χ1) is 5.26. The summed E-state index contributed by atoms with van der Waals surface area (Å²) in [5.74, 6) is -0.323. The maximum Gasteiger partial charge on any atom is 0.308 e. The largest absolute Gasteiger partial charge is 0.469 e. The maximum atomic E-state index is 11.0. The summed E-state index contributed by atoms with van der Waals surface area (Å²) in [6.45, 7) is 1.000. The first-order valence-corrected chi connectivity index (χ1v) is 3.74. The van der Waals surface area contributed by atoms with Crippen LogP contribution < -0.4 is 11.5 Å². The number of hydrogen-bond donors (Lipinski definition) is 2. The van der Waals surface area contributed by atoms with Gasteiger partial charge in [-0.05, 0) is 25.9 Å². The second-order valence-electron chi connectivity index (χ2n) is 2.37. The van der Waals surface area contributed by atoms with E-state index in [1.54, 1.807) is 0 Å². The van der Waals surface area contributed by atoms with Crippen molar-refractivity contribution in [1.82, 2.24) is 0 Å². The van der Waals surface area contributed by atoms with E-state index in [9.17, 15) is 4.79 Å². The zero-order chi connectivity index (χ0) is 8.69. The molecule has 4 N–H and O–H groups in total. The smallest absolute Gasteiger partial charge is 0.308 e. The molecule has 0 rings (SSSR count). The van der Waals surface area contributed by atoms with Gasteiger partial charge in [0.1, 0.15) is 0 Å². The van der Waals surface area contributed by atoms with Crippen LogP contribution in [-0.4, -0.2) is 26.2 Å². The highest BCUT2D eigenvalue weighted by Crippen LogP contribution is 2.07. The molecule has 0 bridgehead atoms. The van der Waals surface area contributed by atoms with Gasteiger partial charge in [0.05, 0.1) is 13.0 Å². The van der Waals surface area contributed by atoms with Crippen LogP contribution in [0.5, 0.6) is 0 Å². The zero-order valence-electron chi connectivity index (χ0n) is 6.88. The lowest BCUT2D eigenvalue weighted by Crippen LogP contribution is -2.22. The molecule has 0 spiro atoms. The normalized spacial score (nSPS) is 10.2. The highest BCUT2D eigenvalue weighted by Gasteiger charge is 2.16. The number of rotatable bonds is 5. The van der Waals surface area contributed by atoms with Gasteiger partial charge in [0.25, 0.3) is 0 Å². The molecule has 4 nitrogen and oxygen atoms in total. The molecule has 0 heterocycles. The summed E-state index contributed by atoms with van der Waals surface area (Å²) in [5.41, 5.74) is 10.6. The number of hydrogen-bond acceptors (Lipinski definition) is 4. The molecule has 4 heteroatoms. The summed E-state index contributed by atoms with van der Waals surface area (Å²) in [4.78, 5) is 11.0. The van der Waals surface area contributed by atoms with Crippen molar-refractivity contribution in [2.75, 3.05) is 20.2 Å². The van der Waals surface area contributed by atoms with Gasteiger partial charge in [-0.3, -0.25) is 4.79 Å². The fraction of sp³-hybridized carbons (Fsp3) is 0.857. The van der Waals surface area contributed by atoms with Crippen LogP contribution >= 0.6 is 0 Å². The van der Waals surface area contributed by atoms with Gasteiger partial charge in [0, 0.05) is 0 Å². The topological polar surface area (TPSA) is 78.3 Å². The Labute approximate surface area is 66.9 Å². The molecule has 0 aromatic rings. The number of carbonyl (C=O) groups is 1. The number of ether oxygens (including phenoxy) is 1. The molecule has 0 radical (unpaired) electrons. The molecule has 0 aliphatic heterocycles. The fourth-order valence-electron chi connectivity index (χ4n) is 0.949. The summed E-state index contributed by atoms with van der Waals surface area (Å²) >= 11 is 0. The van der Waals surface area contributed by atoms with E-state index < -0.39 is 0 Å². The summed E-state index contributed by atoms with van der Waals surface area (Å²) < 4.78 is 4.57. The third-order valence-corrected chi connectivity index (χ3v) is 1.56. The Morgan fingerprint density at radius 1 is 1.36 bits per heavy atom. The van der Waals surface area contributed by atoms with Gasteiger partial charge in [0.2, 0.25) is 0 Å². The lowest BCUT2D eigenvalue weighted by atomic mass is 10.0. The predicted molar refractivity (Wildman–Crippen MR) is 42.8 cm³/mol. The summed E-state index contributed by atoms with van der Waals surface area (Å²) in [6, 6.07) is 0. The van der Waals surface area contributed by atoms with E-state index in [-0.39, 0.29) is 11.9 Å². The monoisotopic (exact) mass is 160 g/mol. The molecule has 0 aromatic heterocycles. The molecular weight excluding hydrogens is 144 g/mol. The van der Waals surface area contributed by atoms with E-state index in [4.69, 9.17) is 11.5 Å². The van der Waals surface area contributed by atoms with Crippen molar-refractivity contribution < 1.29 is 9.53 Å². The van der Waals surface area contributed by atoms with Gasteiger partial charge in [-0.1, -0.05) is 0 Å². The zero-order valence-corrected chi connectivity index (χ0v) is 6.88. The first-order valence-electron chi connectivity index (χ1n) is 3.74. The third-order valence-electron chi connectivity index (χ3n) is 1.56. The summed E-state index contributed by atoms with van der Waals surface area (Å²) in [5, 5.41) is 0. The molecule has 0 atom stereocenters. The van der Waals surface area contributed by atoms with Crippen molar-refractivity contribution in [3.8, 4) is 0 Å². The van der Waals surface area contributed by atoms with Crippen LogP contribution in [0.3, 0.4) is 0 Å². The molecule has 0 fully saturated rings. The average Bonchev–Trinajstić information content (AvgIpc) is 2.03. The van der Waals surface area contributed by atoms with E-state index in [0.717, 1.165) is 0 Å². The third kappa shape index (κ3) is 3.95. The van der Waals surface area contributed by atoms with E-state index in [1.165, 1.54) is 7.11 Å². The lowest BCUT2D eigenvalue weighted by molar-refractivity contribution is -0.145. The van der Waals surface area contributed by atoms with Crippen molar-refractivity contribution in [2.45, 2.75) is 12.8 Å². The summed E-state index contributed by atoms with van der Waals surface area (Å²) in [7, 11) is 1.38. The van der Waals surface area contributed by atoms with Gasteiger partial charge < -0.3 is 16.2 Å². The maximum absolute atomic E-state index is 11.0. The van der Waals surface area contributed by atoms with E-state index in [1.807, 2.05) is 0 Å². The van der Waals surface area contributed by atoms with Gasteiger partial charge in [-0.2, -0.15) is 0 Å². The quantitative estimate of drug-likeness (QED) is 0.530. The SMILES string of the molecule is COC(=O)C(CCN)CCN. The Kier molecular flexibility index (Phi) is 5.78. The Morgan fingerprint density at radius 2 is 1.82 bits per heavy atom. The molecule has 11 heavy (non-hydrogen) atoms. The number of nitrogens with two attached hydrogens (primary N) is 2. The van der Waals surface area contributed by atoms with Gasteiger partial charge >= 0.3 is 5.97 Å². The summed E-state index contributed by atoms with van der Waals surface area (Å²) in [6.07, 6.45) is 1.31. The van der Waals surface area contributed by atoms with E-state index in [2.05, 4.69) is 4.74 Å². The van der Waals surface area contributed by atoms with Crippen LogP contribution in [0.4, 0.5) is 0 Å². The first kappa shape index (κ1) is 10.4. The molecule has 0 unspecified atom stereocenters. The van der Waals surface area contributed by atoms with E-state index in [0.29, 0.717) is 25.9 Å². The van der Waals surface area contributed by atoms with Crippen LogP contribution in [0.1, 0.15) is 12.8 Å². The minimum Gasteiger partial charge on any atom is -0.469 e. The van der Waals surface area contributed by atoms with E-state index >= 15 is 0 Å². The van der Waals surface area contributed by atoms with Crippen LogP contribution in [0.15, 0.2) is 0 Å². The minimum atomic E-state index is -0.207. The van der Waals surface area contributed by atoms with Crippen molar-refractivity contribution in [2.24, 2.45) is 17.4 Å². The molecular formula is C7H16N2O2. The molecule has 0 aromatic carbocycles. The van der Waals surface area contributed by atoms with Crippen LogP contribution in [0, 0.1) is 5.92 Å². The Bertz CT molecular complexity index is 111. The molecule has 0 aliphatic carbocycles. The second kappa shape index (κ2) is 6.12. The molecule has 0 aliphatic rings. The van der Waals surface area contributed by atoms with Crippen LogP contribution in [0.2, 0.25) is 0 Å². The highest BCUT2D eigenvalue weighted by molar-refractivity contribution is 5.72. The van der Waals surface area contributed by atoms with Crippen molar-refractivity contribution in [1.29, 1.82) is 0 Å². The molecule has 66 valence electrons. The predicted octanol–water partition coefficient (Wildman–Crippen LogP) is -0.527. The van der Waals surface area contributed by atoms with Gasteiger partial charge in [-0.15, -0.1) is 0 Å². The molecule has 0 saturated heterocycles. The molecule has 0 amide bonds. The highest BCUT2D eigenvalue weighted by atomic mass is 16.5. The minimum absolute atomic E-state index is 0.116. The second-order valence-corrected chi connectivity index (χ2v) is 2.37. The van der Waals surface area contributed by atoms with Crippen LogP contribution in [0.25, 0.3) is 0 Å². The van der Waals surface area contributed by atoms with Crippen molar-refractivity contribution >= 4 is 5.97 Å². The standard InChI is InChI=1S/C7H16N2O2/c1-11-7(10)6(2-4-8)3-5-9/h6H,2-5,8-9H2,1H3. The fourth-order valence-corrected chi connectivity index (χ4v) is 0.949. The molecule has 0 saturated carbocycles. The number of esters is 1.